The van der Waals surface area contributed by atoms with Gasteiger partial charge in [0, 0.05) is 38.6 Å². The van der Waals surface area contributed by atoms with E-state index in [0.29, 0.717) is 38.2 Å². The molecular formula is C22H29N3O3S. The van der Waals surface area contributed by atoms with Crippen LogP contribution in [0.15, 0.2) is 48.8 Å². The Labute approximate surface area is 173 Å². The average molecular weight is 416 g/mol. The van der Waals surface area contributed by atoms with Crippen LogP contribution >= 0.6 is 0 Å². The number of amides is 1. The Balaban J connectivity index is 1.44. The van der Waals surface area contributed by atoms with Crippen molar-refractivity contribution in [2.24, 2.45) is 5.41 Å². The minimum atomic E-state index is -3.14. The molecule has 2 fully saturated rings. The van der Waals surface area contributed by atoms with Crippen LogP contribution in [0.5, 0.6) is 0 Å². The molecule has 0 atom stereocenters. The number of hydrogen-bond acceptors (Lipinski definition) is 3. The molecule has 1 amide bonds. The molecule has 0 N–H and O–H groups in total. The molecule has 2 aliphatic rings. The van der Waals surface area contributed by atoms with Gasteiger partial charge < -0.3 is 9.47 Å². The number of para-hydroxylation sites is 1. The fourth-order valence-electron chi connectivity index (χ4n) is 4.66. The predicted molar refractivity (Wildman–Crippen MR) is 114 cm³/mol. The van der Waals surface area contributed by atoms with Gasteiger partial charge in [0.1, 0.15) is 0 Å². The summed E-state index contributed by atoms with van der Waals surface area (Å²) in [7, 11) is -3.14. The normalized spacial score (nSPS) is 19.7. The van der Waals surface area contributed by atoms with Crippen LogP contribution < -0.4 is 0 Å². The molecule has 7 heteroatoms. The molecule has 3 heterocycles. The highest BCUT2D eigenvalue weighted by Gasteiger charge is 2.44. The molecule has 0 saturated carbocycles. The van der Waals surface area contributed by atoms with Crippen molar-refractivity contribution in [1.29, 1.82) is 0 Å². The summed E-state index contributed by atoms with van der Waals surface area (Å²) in [6.45, 7) is 4.49. The second kappa shape index (κ2) is 7.95. The summed E-state index contributed by atoms with van der Waals surface area (Å²) in [4.78, 5) is 15.2. The van der Waals surface area contributed by atoms with Crippen LogP contribution in [0.3, 0.4) is 0 Å². The van der Waals surface area contributed by atoms with Gasteiger partial charge in [0.15, 0.2) is 0 Å². The van der Waals surface area contributed by atoms with E-state index < -0.39 is 10.0 Å². The molecule has 2 saturated heterocycles. The molecule has 0 bridgehead atoms. The Morgan fingerprint density at radius 2 is 1.66 bits per heavy atom. The van der Waals surface area contributed by atoms with E-state index >= 15 is 0 Å². The van der Waals surface area contributed by atoms with Gasteiger partial charge in [-0.15, -0.1) is 0 Å². The van der Waals surface area contributed by atoms with Crippen LogP contribution in [0.1, 0.15) is 43.0 Å². The SMILES string of the molecule is CCCS(=O)(=O)N1CCC2(CCN(C(=O)c3ccccc3-n3cccc3)CC2)C1. The van der Waals surface area contributed by atoms with Crippen molar-refractivity contribution in [3.8, 4) is 5.69 Å². The molecule has 4 rings (SSSR count). The summed E-state index contributed by atoms with van der Waals surface area (Å²) in [5, 5.41) is 0. The highest BCUT2D eigenvalue weighted by Crippen LogP contribution is 2.41. The molecule has 1 aromatic carbocycles. The molecule has 6 nitrogen and oxygen atoms in total. The second-order valence-corrected chi connectivity index (χ2v) is 10.4. The topological polar surface area (TPSA) is 62.6 Å². The Kier molecular flexibility index (Phi) is 5.53. The van der Waals surface area contributed by atoms with Crippen molar-refractivity contribution in [2.45, 2.75) is 32.6 Å². The van der Waals surface area contributed by atoms with Gasteiger partial charge in [0.25, 0.3) is 5.91 Å². The maximum Gasteiger partial charge on any atom is 0.255 e. The summed E-state index contributed by atoms with van der Waals surface area (Å²) < 4.78 is 28.5. The van der Waals surface area contributed by atoms with E-state index in [1.165, 1.54) is 0 Å². The van der Waals surface area contributed by atoms with E-state index in [1.54, 1.807) is 4.31 Å². The minimum absolute atomic E-state index is 0.0253. The first-order chi connectivity index (χ1) is 13.9. The van der Waals surface area contributed by atoms with Gasteiger partial charge in [0.2, 0.25) is 10.0 Å². The fraction of sp³-hybridized carbons (Fsp3) is 0.500. The molecule has 0 unspecified atom stereocenters. The summed E-state index contributed by atoms with van der Waals surface area (Å²) in [5.74, 6) is 0.279. The second-order valence-electron chi connectivity index (χ2n) is 8.30. The van der Waals surface area contributed by atoms with E-state index in [2.05, 4.69) is 0 Å². The van der Waals surface area contributed by atoms with Gasteiger partial charge in [-0.05, 0) is 55.4 Å². The Bertz CT molecular complexity index is 961. The standard InChI is InChI=1S/C22H29N3O3S/c1-2-17-29(27,28)25-16-11-22(18-25)9-14-24(15-10-22)21(26)19-7-3-4-8-20(19)23-12-5-6-13-23/h3-8,12-13H,2,9-11,14-18H2,1H3. The van der Waals surface area contributed by atoms with Crippen molar-refractivity contribution in [3.05, 3.63) is 54.4 Å². The lowest BCUT2D eigenvalue weighted by Crippen LogP contribution is -2.45. The van der Waals surface area contributed by atoms with E-state index in [1.807, 2.05) is 65.2 Å². The van der Waals surface area contributed by atoms with Crippen LogP contribution in [0.25, 0.3) is 5.69 Å². The number of likely N-dealkylation sites (tertiary alicyclic amines) is 1. The summed E-state index contributed by atoms with van der Waals surface area (Å²) in [5.41, 5.74) is 1.62. The van der Waals surface area contributed by atoms with E-state index in [-0.39, 0.29) is 17.1 Å². The van der Waals surface area contributed by atoms with Crippen LogP contribution in [0.4, 0.5) is 0 Å². The zero-order chi connectivity index (χ0) is 20.5. The van der Waals surface area contributed by atoms with Gasteiger partial charge >= 0.3 is 0 Å². The molecular weight excluding hydrogens is 386 g/mol. The average Bonchev–Trinajstić information content (AvgIpc) is 3.39. The molecule has 1 aromatic heterocycles. The number of carbonyl (C=O) groups is 1. The van der Waals surface area contributed by atoms with Crippen molar-refractivity contribution in [1.82, 2.24) is 13.8 Å². The maximum atomic E-state index is 13.2. The smallest absolute Gasteiger partial charge is 0.255 e. The number of benzene rings is 1. The van der Waals surface area contributed by atoms with E-state index in [0.717, 1.165) is 24.9 Å². The third-order valence-corrected chi connectivity index (χ3v) is 8.41. The lowest BCUT2D eigenvalue weighted by molar-refractivity contribution is 0.0600. The number of piperidine rings is 1. The number of nitrogens with zero attached hydrogens (tertiary/aromatic N) is 3. The lowest BCUT2D eigenvalue weighted by Gasteiger charge is -2.39. The summed E-state index contributed by atoms with van der Waals surface area (Å²) >= 11 is 0. The van der Waals surface area contributed by atoms with E-state index in [4.69, 9.17) is 0 Å². The predicted octanol–water partition coefficient (Wildman–Crippen LogP) is 3.15. The number of aromatic nitrogens is 1. The van der Waals surface area contributed by atoms with Crippen molar-refractivity contribution in [2.75, 3.05) is 31.9 Å². The minimum Gasteiger partial charge on any atom is -0.339 e. The monoisotopic (exact) mass is 415 g/mol. The fourth-order valence-corrected chi connectivity index (χ4v) is 6.27. The Morgan fingerprint density at radius 1 is 1.00 bits per heavy atom. The van der Waals surface area contributed by atoms with E-state index in [9.17, 15) is 13.2 Å². The van der Waals surface area contributed by atoms with Crippen LogP contribution in [-0.2, 0) is 10.0 Å². The Hall–Kier alpha value is -2.12. The summed E-state index contributed by atoms with van der Waals surface area (Å²) in [6, 6.07) is 11.6. The highest BCUT2D eigenvalue weighted by molar-refractivity contribution is 7.89. The third-order valence-electron chi connectivity index (χ3n) is 6.39. The highest BCUT2D eigenvalue weighted by atomic mass is 32.2. The molecule has 0 aliphatic carbocycles. The molecule has 29 heavy (non-hydrogen) atoms. The van der Waals surface area contributed by atoms with Gasteiger partial charge in [-0.2, -0.15) is 0 Å². The third kappa shape index (κ3) is 3.98. The molecule has 1 spiro atoms. The first-order valence-corrected chi connectivity index (χ1v) is 12.0. The zero-order valence-electron chi connectivity index (χ0n) is 17.0. The molecule has 0 radical (unpaired) electrons. The Morgan fingerprint density at radius 3 is 2.34 bits per heavy atom. The number of rotatable bonds is 5. The maximum absolute atomic E-state index is 13.2. The van der Waals surface area contributed by atoms with Gasteiger partial charge in [-0.1, -0.05) is 19.1 Å². The first kappa shape index (κ1) is 20.2. The molecule has 2 aromatic rings. The number of hydrogen-bond donors (Lipinski definition) is 0. The van der Waals surface area contributed by atoms with Crippen molar-refractivity contribution in [3.63, 3.8) is 0 Å². The van der Waals surface area contributed by atoms with Crippen molar-refractivity contribution >= 4 is 15.9 Å². The zero-order valence-corrected chi connectivity index (χ0v) is 17.8. The van der Waals surface area contributed by atoms with Gasteiger partial charge in [0.05, 0.1) is 17.0 Å². The van der Waals surface area contributed by atoms with Crippen LogP contribution in [0.2, 0.25) is 0 Å². The molecule has 156 valence electrons. The first-order valence-electron chi connectivity index (χ1n) is 10.4. The quantitative estimate of drug-likeness (QED) is 0.754. The number of sulfonamides is 1. The van der Waals surface area contributed by atoms with Gasteiger partial charge in [-0.3, -0.25) is 4.79 Å². The van der Waals surface area contributed by atoms with Crippen LogP contribution in [0, 0.1) is 5.41 Å². The molecule has 2 aliphatic heterocycles. The largest absolute Gasteiger partial charge is 0.339 e. The van der Waals surface area contributed by atoms with Crippen LogP contribution in [-0.4, -0.2) is 60.0 Å². The summed E-state index contributed by atoms with van der Waals surface area (Å²) in [6.07, 6.45) is 7.17. The number of carbonyl (C=O) groups excluding carboxylic acids is 1. The lowest BCUT2D eigenvalue weighted by atomic mass is 9.78. The van der Waals surface area contributed by atoms with Crippen molar-refractivity contribution < 1.29 is 13.2 Å². The van der Waals surface area contributed by atoms with Gasteiger partial charge in [-0.25, -0.2) is 12.7 Å².